The zero-order valence-electron chi connectivity index (χ0n) is 9.72. The molecule has 7 heteroatoms. The molecule has 0 saturated heterocycles. The van der Waals surface area contributed by atoms with Crippen molar-refractivity contribution in [3.05, 3.63) is 52.8 Å². The van der Waals surface area contributed by atoms with Gasteiger partial charge in [0.2, 0.25) is 5.95 Å². The number of hydrogen-bond acceptors (Lipinski definition) is 5. The standard InChI is InChI=1S/C12H9N5O2/c13-12-14-6-4-11(15-12)16-7-5-8-9(16)2-1-3-10(8)17(18)19/h1-7H,(H2,13,14,15). The first-order valence-electron chi connectivity index (χ1n) is 5.50. The van der Waals surface area contributed by atoms with Crippen molar-refractivity contribution in [2.45, 2.75) is 0 Å². The summed E-state index contributed by atoms with van der Waals surface area (Å²) in [4.78, 5) is 18.5. The van der Waals surface area contributed by atoms with Crippen LogP contribution < -0.4 is 5.73 Å². The van der Waals surface area contributed by atoms with Crippen molar-refractivity contribution >= 4 is 22.5 Å². The third-order valence-electron chi connectivity index (χ3n) is 2.81. The molecule has 2 aromatic heterocycles. The highest BCUT2D eigenvalue weighted by Gasteiger charge is 2.14. The molecule has 7 nitrogen and oxygen atoms in total. The summed E-state index contributed by atoms with van der Waals surface area (Å²) in [5, 5.41) is 11.5. The molecule has 0 radical (unpaired) electrons. The van der Waals surface area contributed by atoms with Crippen molar-refractivity contribution in [2.24, 2.45) is 0 Å². The maximum atomic E-state index is 11.0. The molecule has 0 spiro atoms. The molecule has 3 rings (SSSR count). The van der Waals surface area contributed by atoms with Crippen molar-refractivity contribution in [1.82, 2.24) is 14.5 Å². The van der Waals surface area contributed by atoms with Crippen LogP contribution in [0.5, 0.6) is 0 Å². The molecule has 2 heterocycles. The number of nitro benzene ring substituents is 1. The Morgan fingerprint density at radius 2 is 2.11 bits per heavy atom. The third kappa shape index (κ3) is 1.77. The highest BCUT2D eigenvalue weighted by atomic mass is 16.6. The van der Waals surface area contributed by atoms with Gasteiger partial charge in [-0.1, -0.05) is 6.07 Å². The van der Waals surface area contributed by atoms with Crippen molar-refractivity contribution in [2.75, 3.05) is 5.73 Å². The molecule has 0 bridgehead atoms. The van der Waals surface area contributed by atoms with Crippen LogP contribution in [0.25, 0.3) is 16.7 Å². The molecular formula is C12H9N5O2. The van der Waals surface area contributed by atoms with Gasteiger partial charge in [0.1, 0.15) is 5.82 Å². The van der Waals surface area contributed by atoms with Gasteiger partial charge in [-0.25, -0.2) is 4.98 Å². The third-order valence-corrected chi connectivity index (χ3v) is 2.81. The maximum Gasteiger partial charge on any atom is 0.278 e. The van der Waals surface area contributed by atoms with Crippen molar-refractivity contribution < 1.29 is 4.92 Å². The molecule has 0 fully saturated rings. The molecule has 0 aliphatic heterocycles. The van der Waals surface area contributed by atoms with E-state index in [0.29, 0.717) is 16.7 Å². The number of non-ortho nitro benzene ring substituents is 1. The van der Waals surface area contributed by atoms with E-state index in [2.05, 4.69) is 9.97 Å². The quantitative estimate of drug-likeness (QED) is 0.557. The number of rotatable bonds is 2. The number of aromatic nitrogens is 3. The van der Waals surface area contributed by atoms with E-state index >= 15 is 0 Å². The minimum atomic E-state index is -0.402. The summed E-state index contributed by atoms with van der Waals surface area (Å²) in [6.07, 6.45) is 3.26. The van der Waals surface area contributed by atoms with Gasteiger partial charge in [0.05, 0.1) is 15.8 Å². The van der Waals surface area contributed by atoms with Gasteiger partial charge < -0.3 is 10.3 Å². The normalized spacial score (nSPS) is 10.7. The Hall–Kier alpha value is -2.96. The lowest BCUT2D eigenvalue weighted by atomic mass is 10.2. The number of nitrogen functional groups attached to an aromatic ring is 1. The van der Waals surface area contributed by atoms with E-state index in [1.165, 1.54) is 6.07 Å². The molecule has 0 aliphatic rings. The van der Waals surface area contributed by atoms with Crippen molar-refractivity contribution in [3.63, 3.8) is 0 Å². The summed E-state index contributed by atoms with van der Waals surface area (Å²) < 4.78 is 1.74. The summed E-state index contributed by atoms with van der Waals surface area (Å²) in [6, 6.07) is 8.28. The highest BCUT2D eigenvalue weighted by molar-refractivity contribution is 5.90. The minimum Gasteiger partial charge on any atom is -0.368 e. The Morgan fingerprint density at radius 3 is 2.84 bits per heavy atom. The Balaban J connectivity index is 2.27. The van der Waals surface area contributed by atoms with E-state index in [9.17, 15) is 10.1 Å². The van der Waals surface area contributed by atoms with Gasteiger partial charge in [-0.05, 0) is 18.2 Å². The van der Waals surface area contributed by atoms with E-state index in [-0.39, 0.29) is 11.6 Å². The van der Waals surface area contributed by atoms with Crippen LogP contribution in [0.2, 0.25) is 0 Å². The summed E-state index contributed by atoms with van der Waals surface area (Å²) in [6.45, 7) is 0. The fourth-order valence-electron chi connectivity index (χ4n) is 2.01. The number of anilines is 1. The number of fused-ring (bicyclic) bond motifs is 1. The van der Waals surface area contributed by atoms with Crippen LogP contribution in [-0.2, 0) is 0 Å². The second-order valence-corrected chi connectivity index (χ2v) is 3.93. The summed E-state index contributed by atoms with van der Waals surface area (Å²) in [5.41, 5.74) is 6.31. The molecule has 0 saturated carbocycles. The zero-order valence-corrected chi connectivity index (χ0v) is 9.72. The molecule has 19 heavy (non-hydrogen) atoms. The molecule has 0 atom stereocenters. The fourth-order valence-corrected chi connectivity index (χ4v) is 2.01. The average Bonchev–Trinajstić information content (AvgIpc) is 2.82. The van der Waals surface area contributed by atoms with Gasteiger partial charge in [-0.2, -0.15) is 4.98 Å². The number of nitro groups is 1. The first kappa shape index (κ1) is 11.1. The SMILES string of the molecule is Nc1nccc(-n2ccc3c([N+](=O)[O-])cccc32)n1. The van der Waals surface area contributed by atoms with Crippen LogP contribution in [0.3, 0.4) is 0 Å². The van der Waals surface area contributed by atoms with Crippen LogP contribution in [0.15, 0.2) is 42.7 Å². The zero-order chi connectivity index (χ0) is 13.4. The Bertz CT molecular complexity index is 781. The molecular weight excluding hydrogens is 246 g/mol. The van der Waals surface area contributed by atoms with Crippen molar-refractivity contribution in [1.29, 1.82) is 0 Å². The number of benzene rings is 1. The second kappa shape index (κ2) is 4.05. The smallest absolute Gasteiger partial charge is 0.278 e. The van der Waals surface area contributed by atoms with Gasteiger partial charge in [0.25, 0.3) is 5.69 Å². The van der Waals surface area contributed by atoms with Crippen LogP contribution in [0.1, 0.15) is 0 Å². The minimum absolute atomic E-state index is 0.0679. The Kier molecular flexibility index (Phi) is 2.38. The van der Waals surface area contributed by atoms with Crippen molar-refractivity contribution in [3.8, 4) is 5.82 Å². The summed E-state index contributed by atoms with van der Waals surface area (Å²) in [7, 11) is 0. The summed E-state index contributed by atoms with van der Waals surface area (Å²) >= 11 is 0. The Labute approximate surface area is 107 Å². The summed E-state index contributed by atoms with van der Waals surface area (Å²) in [5.74, 6) is 0.729. The molecule has 2 N–H and O–H groups in total. The van der Waals surface area contributed by atoms with E-state index < -0.39 is 4.92 Å². The molecule has 0 unspecified atom stereocenters. The van der Waals surface area contributed by atoms with Gasteiger partial charge in [-0.3, -0.25) is 10.1 Å². The molecule has 3 aromatic rings. The lowest BCUT2D eigenvalue weighted by Crippen LogP contribution is -2.01. The van der Waals surface area contributed by atoms with E-state index in [1.807, 2.05) is 0 Å². The largest absolute Gasteiger partial charge is 0.368 e. The lowest BCUT2D eigenvalue weighted by molar-refractivity contribution is -0.383. The second-order valence-electron chi connectivity index (χ2n) is 3.93. The van der Waals surface area contributed by atoms with Crippen LogP contribution in [0.4, 0.5) is 11.6 Å². The first-order chi connectivity index (χ1) is 9.16. The van der Waals surface area contributed by atoms with E-state index in [1.54, 1.807) is 41.2 Å². The number of nitrogens with zero attached hydrogens (tertiary/aromatic N) is 4. The molecule has 94 valence electrons. The molecule has 1 aromatic carbocycles. The highest BCUT2D eigenvalue weighted by Crippen LogP contribution is 2.27. The fraction of sp³-hybridized carbons (Fsp3) is 0. The Morgan fingerprint density at radius 1 is 1.26 bits per heavy atom. The van der Waals surface area contributed by atoms with E-state index in [0.717, 1.165) is 0 Å². The van der Waals surface area contributed by atoms with Crippen LogP contribution in [-0.4, -0.2) is 19.5 Å². The van der Waals surface area contributed by atoms with Crippen LogP contribution >= 0.6 is 0 Å². The molecule has 0 amide bonds. The topological polar surface area (TPSA) is 99.9 Å². The van der Waals surface area contributed by atoms with E-state index in [4.69, 9.17) is 5.73 Å². The van der Waals surface area contributed by atoms with Gasteiger partial charge >= 0.3 is 0 Å². The lowest BCUT2D eigenvalue weighted by Gasteiger charge is -2.04. The first-order valence-corrected chi connectivity index (χ1v) is 5.50. The number of nitrogens with two attached hydrogens (primary N) is 1. The predicted molar refractivity (Wildman–Crippen MR) is 69.9 cm³/mol. The molecule has 0 aliphatic carbocycles. The van der Waals surface area contributed by atoms with Gasteiger partial charge in [-0.15, -0.1) is 0 Å². The van der Waals surface area contributed by atoms with Gasteiger partial charge in [0.15, 0.2) is 0 Å². The van der Waals surface area contributed by atoms with Gasteiger partial charge in [0, 0.05) is 18.5 Å². The predicted octanol–water partition coefficient (Wildman–Crippen LogP) is 1.91. The van der Waals surface area contributed by atoms with Crippen LogP contribution in [0, 0.1) is 10.1 Å². The monoisotopic (exact) mass is 255 g/mol. The average molecular weight is 255 g/mol. The number of hydrogen-bond donors (Lipinski definition) is 1. The maximum absolute atomic E-state index is 11.0.